The van der Waals surface area contributed by atoms with Gasteiger partial charge in [-0.3, -0.25) is 4.90 Å². The zero-order valence-corrected chi connectivity index (χ0v) is 12.1. The Hall–Kier alpha value is -0.120. The van der Waals surface area contributed by atoms with Crippen LogP contribution in [0.3, 0.4) is 0 Å². The van der Waals surface area contributed by atoms with Crippen LogP contribution in [0.1, 0.15) is 47.0 Å². The number of ether oxygens (including phenoxy) is 1. The molecule has 1 aliphatic rings. The third-order valence-electron chi connectivity index (χ3n) is 4.25. The maximum absolute atomic E-state index is 5.47. The molecule has 1 aliphatic heterocycles. The summed E-state index contributed by atoms with van der Waals surface area (Å²) >= 11 is 0. The lowest BCUT2D eigenvalue weighted by atomic mass is 9.85. The molecule has 0 amide bonds. The number of hydrogen-bond donors (Lipinski definition) is 1. The monoisotopic (exact) mass is 242 g/mol. The Morgan fingerprint density at radius 3 is 2.35 bits per heavy atom. The maximum atomic E-state index is 5.47. The van der Waals surface area contributed by atoms with E-state index in [0.29, 0.717) is 6.04 Å². The molecule has 0 bridgehead atoms. The minimum Gasteiger partial charge on any atom is -0.379 e. The van der Waals surface area contributed by atoms with Crippen molar-refractivity contribution < 1.29 is 4.74 Å². The SMILES string of the molecule is CCCNC(CC)C(C)(CC)N1CCOCC1. The quantitative estimate of drug-likeness (QED) is 0.741. The molecule has 0 aromatic carbocycles. The van der Waals surface area contributed by atoms with Gasteiger partial charge in [-0.2, -0.15) is 0 Å². The first-order valence-electron chi connectivity index (χ1n) is 7.25. The predicted octanol–water partition coefficient (Wildman–Crippen LogP) is 2.27. The van der Waals surface area contributed by atoms with E-state index in [4.69, 9.17) is 4.74 Å². The van der Waals surface area contributed by atoms with Gasteiger partial charge in [0.15, 0.2) is 0 Å². The van der Waals surface area contributed by atoms with E-state index in [-0.39, 0.29) is 5.54 Å². The molecule has 0 spiro atoms. The van der Waals surface area contributed by atoms with Crippen LogP contribution in [0.25, 0.3) is 0 Å². The van der Waals surface area contributed by atoms with Gasteiger partial charge in [0.2, 0.25) is 0 Å². The molecule has 3 nitrogen and oxygen atoms in total. The smallest absolute Gasteiger partial charge is 0.0594 e. The van der Waals surface area contributed by atoms with Gasteiger partial charge in [0.1, 0.15) is 0 Å². The van der Waals surface area contributed by atoms with Crippen LogP contribution in [0, 0.1) is 0 Å². The molecule has 1 N–H and O–H groups in total. The zero-order valence-electron chi connectivity index (χ0n) is 12.1. The van der Waals surface area contributed by atoms with Crippen molar-refractivity contribution in [2.45, 2.75) is 58.5 Å². The van der Waals surface area contributed by atoms with E-state index in [9.17, 15) is 0 Å². The molecule has 1 heterocycles. The van der Waals surface area contributed by atoms with Crippen molar-refractivity contribution in [1.82, 2.24) is 10.2 Å². The second-order valence-corrected chi connectivity index (χ2v) is 5.23. The van der Waals surface area contributed by atoms with Gasteiger partial charge in [-0.25, -0.2) is 0 Å². The Morgan fingerprint density at radius 2 is 1.88 bits per heavy atom. The van der Waals surface area contributed by atoms with Gasteiger partial charge in [-0.15, -0.1) is 0 Å². The summed E-state index contributed by atoms with van der Waals surface area (Å²) in [6.07, 6.45) is 3.60. The molecule has 0 radical (unpaired) electrons. The van der Waals surface area contributed by atoms with Crippen molar-refractivity contribution in [1.29, 1.82) is 0 Å². The largest absolute Gasteiger partial charge is 0.379 e. The molecule has 0 aliphatic carbocycles. The minimum absolute atomic E-state index is 0.272. The molecule has 3 heteroatoms. The average Bonchev–Trinajstić information content (AvgIpc) is 2.40. The Morgan fingerprint density at radius 1 is 1.24 bits per heavy atom. The summed E-state index contributed by atoms with van der Waals surface area (Å²) in [5, 5.41) is 3.73. The van der Waals surface area contributed by atoms with Crippen molar-refractivity contribution in [2.75, 3.05) is 32.8 Å². The Kier molecular flexibility index (Phi) is 6.45. The summed E-state index contributed by atoms with van der Waals surface area (Å²) in [6, 6.07) is 0.588. The first-order valence-corrected chi connectivity index (χ1v) is 7.25. The number of morpholine rings is 1. The maximum Gasteiger partial charge on any atom is 0.0594 e. The highest BCUT2D eigenvalue weighted by Gasteiger charge is 2.37. The summed E-state index contributed by atoms with van der Waals surface area (Å²) in [7, 11) is 0. The van der Waals surface area contributed by atoms with Crippen LogP contribution in [-0.2, 0) is 4.74 Å². The van der Waals surface area contributed by atoms with Crippen LogP contribution >= 0.6 is 0 Å². The molecular weight excluding hydrogens is 212 g/mol. The molecule has 1 rings (SSSR count). The van der Waals surface area contributed by atoms with Gasteiger partial charge in [0.25, 0.3) is 0 Å². The molecule has 1 fully saturated rings. The van der Waals surface area contributed by atoms with Crippen molar-refractivity contribution in [3.05, 3.63) is 0 Å². The highest BCUT2D eigenvalue weighted by Crippen LogP contribution is 2.26. The topological polar surface area (TPSA) is 24.5 Å². The van der Waals surface area contributed by atoms with Crippen molar-refractivity contribution in [2.24, 2.45) is 0 Å². The second-order valence-electron chi connectivity index (χ2n) is 5.23. The Balaban J connectivity index is 2.68. The third kappa shape index (κ3) is 3.67. The van der Waals surface area contributed by atoms with E-state index in [1.165, 1.54) is 19.3 Å². The first-order chi connectivity index (χ1) is 8.19. The molecular formula is C14H30N2O. The van der Waals surface area contributed by atoms with Gasteiger partial charge in [0.05, 0.1) is 13.2 Å². The molecule has 1 saturated heterocycles. The highest BCUT2D eigenvalue weighted by molar-refractivity contribution is 4.96. The van der Waals surface area contributed by atoms with Crippen LogP contribution in [0.15, 0.2) is 0 Å². The molecule has 2 unspecified atom stereocenters. The molecule has 17 heavy (non-hydrogen) atoms. The van der Waals surface area contributed by atoms with Gasteiger partial charge in [-0.05, 0) is 32.7 Å². The van der Waals surface area contributed by atoms with E-state index in [1.54, 1.807) is 0 Å². The lowest BCUT2D eigenvalue weighted by Gasteiger charge is -2.48. The standard InChI is InChI=1S/C14H30N2O/c1-5-8-15-13(6-2)14(4,7-3)16-9-11-17-12-10-16/h13,15H,5-12H2,1-4H3. The van der Waals surface area contributed by atoms with E-state index < -0.39 is 0 Å². The second kappa shape index (κ2) is 7.34. The fourth-order valence-electron chi connectivity index (χ4n) is 2.89. The van der Waals surface area contributed by atoms with Gasteiger partial charge in [-0.1, -0.05) is 20.8 Å². The van der Waals surface area contributed by atoms with E-state index in [1.807, 2.05) is 0 Å². The van der Waals surface area contributed by atoms with Gasteiger partial charge < -0.3 is 10.1 Å². The minimum atomic E-state index is 0.272. The molecule has 102 valence electrons. The fraction of sp³-hybridized carbons (Fsp3) is 1.00. The summed E-state index contributed by atoms with van der Waals surface area (Å²) < 4.78 is 5.47. The van der Waals surface area contributed by atoms with E-state index in [0.717, 1.165) is 32.8 Å². The van der Waals surface area contributed by atoms with Crippen LogP contribution < -0.4 is 5.32 Å². The number of rotatable bonds is 7. The Bertz CT molecular complexity index is 204. The van der Waals surface area contributed by atoms with Crippen LogP contribution in [0.4, 0.5) is 0 Å². The summed E-state index contributed by atoms with van der Waals surface area (Å²) in [5.41, 5.74) is 0.272. The predicted molar refractivity (Wildman–Crippen MR) is 73.5 cm³/mol. The number of nitrogens with one attached hydrogen (secondary N) is 1. The zero-order chi connectivity index (χ0) is 12.7. The third-order valence-corrected chi connectivity index (χ3v) is 4.25. The fourth-order valence-corrected chi connectivity index (χ4v) is 2.89. The Labute approximate surface area is 107 Å². The summed E-state index contributed by atoms with van der Waals surface area (Å²) in [4.78, 5) is 2.62. The molecule has 2 atom stereocenters. The van der Waals surface area contributed by atoms with Gasteiger partial charge >= 0.3 is 0 Å². The van der Waals surface area contributed by atoms with Crippen molar-refractivity contribution in [3.8, 4) is 0 Å². The highest BCUT2D eigenvalue weighted by atomic mass is 16.5. The normalized spacial score (nSPS) is 23.3. The number of hydrogen-bond acceptors (Lipinski definition) is 3. The van der Waals surface area contributed by atoms with Gasteiger partial charge in [0, 0.05) is 24.7 Å². The van der Waals surface area contributed by atoms with Crippen LogP contribution in [0.5, 0.6) is 0 Å². The van der Waals surface area contributed by atoms with Crippen molar-refractivity contribution in [3.63, 3.8) is 0 Å². The molecule has 0 aromatic rings. The lowest BCUT2D eigenvalue weighted by Crippen LogP contribution is -2.61. The van der Waals surface area contributed by atoms with Crippen LogP contribution in [-0.4, -0.2) is 49.3 Å². The number of nitrogens with zero attached hydrogens (tertiary/aromatic N) is 1. The first kappa shape index (κ1) is 14.9. The van der Waals surface area contributed by atoms with E-state index in [2.05, 4.69) is 37.9 Å². The molecule has 0 saturated carbocycles. The van der Waals surface area contributed by atoms with Crippen molar-refractivity contribution >= 4 is 0 Å². The summed E-state index contributed by atoms with van der Waals surface area (Å²) in [5.74, 6) is 0. The lowest BCUT2D eigenvalue weighted by molar-refractivity contribution is -0.0327. The van der Waals surface area contributed by atoms with E-state index >= 15 is 0 Å². The van der Waals surface area contributed by atoms with Crippen LogP contribution in [0.2, 0.25) is 0 Å². The molecule has 0 aromatic heterocycles. The summed E-state index contributed by atoms with van der Waals surface area (Å²) in [6.45, 7) is 14.3. The average molecular weight is 242 g/mol.